The highest BCUT2D eigenvalue weighted by atomic mass is 35.5. The predicted molar refractivity (Wildman–Crippen MR) is 89.7 cm³/mol. The Morgan fingerprint density at radius 1 is 1.38 bits per heavy atom. The summed E-state index contributed by atoms with van der Waals surface area (Å²) < 4.78 is 0. The van der Waals surface area contributed by atoms with Crippen molar-refractivity contribution < 1.29 is 4.79 Å². The molecule has 1 aromatic rings. The van der Waals surface area contributed by atoms with Gasteiger partial charge in [0.15, 0.2) is 0 Å². The van der Waals surface area contributed by atoms with E-state index in [2.05, 4.69) is 36.6 Å². The van der Waals surface area contributed by atoms with E-state index < -0.39 is 0 Å². The number of carbonyl (C=O) groups is 1. The summed E-state index contributed by atoms with van der Waals surface area (Å²) in [4.78, 5) is 12.5. The lowest BCUT2D eigenvalue weighted by Gasteiger charge is -2.29. The number of halogens is 1. The van der Waals surface area contributed by atoms with Crippen LogP contribution in [-0.2, 0) is 4.79 Å². The lowest BCUT2D eigenvalue weighted by molar-refractivity contribution is -0.126. The summed E-state index contributed by atoms with van der Waals surface area (Å²) in [7, 11) is 0. The molecule has 1 aromatic carbocycles. The monoisotopic (exact) mass is 310 g/mol. The molecular formula is C17H27ClN2O. The second kappa shape index (κ2) is 9.06. The zero-order valence-corrected chi connectivity index (χ0v) is 13.8. The fourth-order valence-corrected chi connectivity index (χ4v) is 2.96. The lowest BCUT2D eigenvalue weighted by atomic mass is 9.91. The second-order valence-electron chi connectivity index (χ2n) is 5.84. The summed E-state index contributed by atoms with van der Waals surface area (Å²) in [5, 5.41) is 6.65. The molecule has 0 saturated carbocycles. The molecule has 1 aliphatic heterocycles. The maximum Gasteiger partial charge on any atom is 0.223 e. The standard InChI is InChI=1S/C17H26N2O.ClH/c1-3-7-16(14-8-5-4-6-9-14)19-17(20)15-10-11-18-13(2)12-15;/h4-6,8-9,13,15-16,18H,3,7,10-12H2,1-2H3,(H,19,20);1H/t13-,15-,16?;/m0./s1. The summed E-state index contributed by atoms with van der Waals surface area (Å²) in [6.45, 7) is 5.26. The fraction of sp³-hybridized carbons (Fsp3) is 0.588. The summed E-state index contributed by atoms with van der Waals surface area (Å²) in [5.41, 5.74) is 1.21. The first kappa shape index (κ1) is 18.0. The second-order valence-corrected chi connectivity index (χ2v) is 5.84. The van der Waals surface area contributed by atoms with Crippen molar-refractivity contribution in [3.8, 4) is 0 Å². The van der Waals surface area contributed by atoms with Crippen molar-refractivity contribution in [3.63, 3.8) is 0 Å². The Balaban J connectivity index is 0.00000220. The van der Waals surface area contributed by atoms with Crippen molar-refractivity contribution >= 4 is 18.3 Å². The molecule has 1 saturated heterocycles. The fourth-order valence-electron chi connectivity index (χ4n) is 2.96. The Labute approximate surface area is 134 Å². The first-order chi connectivity index (χ1) is 9.70. The van der Waals surface area contributed by atoms with Crippen LogP contribution in [0.25, 0.3) is 0 Å². The molecule has 118 valence electrons. The first-order valence-electron chi connectivity index (χ1n) is 7.79. The van der Waals surface area contributed by atoms with Gasteiger partial charge in [0.1, 0.15) is 0 Å². The van der Waals surface area contributed by atoms with Gasteiger partial charge in [-0.1, -0.05) is 43.7 Å². The molecule has 3 nitrogen and oxygen atoms in total. The third-order valence-electron chi connectivity index (χ3n) is 4.09. The van der Waals surface area contributed by atoms with E-state index in [1.165, 1.54) is 5.56 Å². The number of amides is 1. The Morgan fingerprint density at radius 3 is 2.71 bits per heavy atom. The van der Waals surface area contributed by atoms with Crippen LogP contribution < -0.4 is 10.6 Å². The summed E-state index contributed by atoms with van der Waals surface area (Å²) in [6, 6.07) is 10.9. The van der Waals surface area contributed by atoms with Gasteiger partial charge in [0.05, 0.1) is 6.04 Å². The van der Waals surface area contributed by atoms with Gasteiger partial charge < -0.3 is 10.6 Å². The normalized spacial score (nSPS) is 23.0. The molecule has 0 bridgehead atoms. The highest BCUT2D eigenvalue weighted by molar-refractivity contribution is 5.85. The predicted octanol–water partition coefficient (Wildman–Crippen LogP) is 3.45. The molecule has 21 heavy (non-hydrogen) atoms. The van der Waals surface area contributed by atoms with Gasteiger partial charge >= 0.3 is 0 Å². The molecule has 0 aromatic heterocycles. The van der Waals surface area contributed by atoms with Crippen LogP contribution in [0.5, 0.6) is 0 Å². The van der Waals surface area contributed by atoms with Crippen LogP contribution in [0.15, 0.2) is 30.3 Å². The zero-order valence-electron chi connectivity index (χ0n) is 13.0. The largest absolute Gasteiger partial charge is 0.349 e. The van der Waals surface area contributed by atoms with E-state index in [1.54, 1.807) is 0 Å². The first-order valence-corrected chi connectivity index (χ1v) is 7.79. The minimum Gasteiger partial charge on any atom is -0.349 e. The number of hydrogen-bond acceptors (Lipinski definition) is 2. The molecule has 1 unspecified atom stereocenters. The van der Waals surface area contributed by atoms with E-state index in [-0.39, 0.29) is 30.3 Å². The lowest BCUT2D eigenvalue weighted by Crippen LogP contribution is -2.43. The molecule has 1 amide bonds. The average Bonchev–Trinajstić information content (AvgIpc) is 2.47. The third-order valence-corrected chi connectivity index (χ3v) is 4.09. The minimum absolute atomic E-state index is 0. The quantitative estimate of drug-likeness (QED) is 0.874. The van der Waals surface area contributed by atoms with Crippen molar-refractivity contribution in [1.82, 2.24) is 10.6 Å². The molecule has 0 aliphatic carbocycles. The highest BCUT2D eigenvalue weighted by Gasteiger charge is 2.26. The smallest absolute Gasteiger partial charge is 0.223 e. The SMILES string of the molecule is CCCC(NC(=O)[C@H]1CCN[C@@H](C)C1)c1ccccc1.Cl. The van der Waals surface area contributed by atoms with Crippen LogP contribution in [0.4, 0.5) is 0 Å². The maximum atomic E-state index is 12.5. The van der Waals surface area contributed by atoms with Gasteiger partial charge in [0, 0.05) is 12.0 Å². The highest BCUT2D eigenvalue weighted by Crippen LogP contribution is 2.21. The number of piperidine rings is 1. The summed E-state index contributed by atoms with van der Waals surface area (Å²) in [5.74, 6) is 0.384. The zero-order chi connectivity index (χ0) is 14.4. The maximum absolute atomic E-state index is 12.5. The Kier molecular flexibility index (Phi) is 7.76. The van der Waals surface area contributed by atoms with Gasteiger partial charge in [-0.3, -0.25) is 4.79 Å². The van der Waals surface area contributed by atoms with Crippen molar-refractivity contribution in [2.75, 3.05) is 6.54 Å². The van der Waals surface area contributed by atoms with E-state index in [1.807, 2.05) is 18.2 Å². The number of hydrogen-bond donors (Lipinski definition) is 2. The topological polar surface area (TPSA) is 41.1 Å². The summed E-state index contributed by atoms with van der Waals surface area (Å²) in [6.07, 6.45) is 3.96. The molecule has 1 heterocycles. The molecule has 0 radical (unpaired) electrons. The van der Waals surface area contributed by atoms with Gasteiger partial charge in [-0.25, -0.2) is 0 Å². The molecule has 1 fully saturated rings. The molecule has 4 heteroatoms. The molecule has 2 N–H and O–H groups in total. The Morgan fingerprint density at radius 2 is 2.10 bits per heavy atom. The van der Waals surface area contributed by atoms with Crippen LogP contribution in [0, 0.1) is 5.92 Å². The molecule has 1 aliphatic rings. The number of benzene rings is 1. The number of rotatable bonds is 5. The van der Waals surface area contributed by atoms with Crippen LogP contribution >= 0.6 is 12.4 Å². The molecular weight excluding hydrogens is 284 g/mol. The number of carbonyl (C=O) groups excluding carboxylic acids is 1. The van der Waals surface area contributed by atoms with Crippen molar-refractivity contribution in [2.45, 2.75) is 51.6 Å². The van der Waals surface area contributed by atoms with Gasteiger partial charge in [-0.05, 0) is 38.3 Å². The third kappa shape index (κ3) is 5.33. The Hall–Kier alpha value is -1.06. The average molecular weight is 311 g/mol. The van der Waals surface area contributed by atoms with E-state index >= 15 is 0 Å². The van der Waals surface area contributed by atoms with Crippen molar-refractivity contribution in [1.29, 1.82) is 0 Å². The molecule has 3 atom stereocenters. The Bertz CT molecular complexity index is 424. The van der Waals surface area contributed by atoms with Crippen LogP contribution in [0.1, 0.15) is 51.1 Å². The van der Waals surface area contributed by atoms with E-state index in [0.717, 1.165) is 32.2 Å². The van der Waals surface area contributed by atoms with Crippen LogP contribution in [0.3, 0.4) is 0 Å². The van der Waals surface area contributed by atoms with Gasteiger partial charge in [0.2, 0.25) is 5.91 Å². The van der Waals surface area contributed by atoms with E-state index in [4.69, 9.17) is 0 Å². The van der Waals surface area contributed by atoms with Crippen molar-refractivity contribution in [2.24, 2.45) is 5.92 Å². The van der Waals surface area contributed by atoms with Crippen molar-refractivity contribution in [3.05, 3.63) is 35.9 Å². The van der Waals surface area contributed by atoms with Gasteiger partial charge in [-0.2, -0.15) is 0 Å². The number of nitrogens with one attached hydrogen (secondary N) is 2. The molecule has 2 rings (SSSR count). The van der Waals surface area contributed by atoms with Crippen LogP contribution in [0.2, 0.25) is 0 Å². The van der Waals surface area contributed by atoms with E-state index in [9.17, 15) is 4.79 Å². The minimum atomic E-state index is 0. The van der Waals surface area contributed by atoms with Crippen LogP contribution in [-0.4, -0.2) is 18.5 Å². The molecule has 0 spiro atoms. The summed E-state index contributed by atoms with van der Waals surface area (Å²) >= 11 is 0. The van der Waals surface area contributed by atoms with E-state index in [0.29, 0.717) is 6.04 Å². The van der Waals surface area contributed by atoms with Gasteiger partial charge in [-0.15, -0.1) is 12.4 Å². The van der Waals surface area contributed by atoms with Gasteiger partial charge in [0.25, 0.3) is 0 Å².